The maximum Gasteiger partial charge on any atom is 0.468 e. The first-order valence-electron chi connectivity index (χ1n) is 11.7. The Morgan fingerprint density at radius 1 is 0.971 bits per heavy atom. The lowest BCUT2D eigenvalue weighted by atomic mass is 9.77. The molecule has 3 aromatic rings. The molecule has 4 rings (SSSR count). The molecule has 1 aliphatic heterocycles. The van der Waals surface area contributed by atoms with Crippen molar-refractivity contribution in [2.24, 2.45) is 0 Å². The molecule has 2 atom stereocenters. The van der Waals surface area contributed by atoms with Gasteiger partial charge in [-0.25, -0.2) is 0 Å². The summed E-state index contributed by atoms with van der Waals surface area (Å²) in [4.78, 5) is 26.7. The highest BCUT2D eigenvalue weighted by molar-refractivity contribution is 8.00. The number of hydrogen-bond donors (Lipinski definition) is 2. The first-order valence-corrected chi connectivity index (χ1v) is 12.7. The predicted molar refractivity (Wildman–Crippen MR) is 135 cm³/mol. The van der Waals surface area contributed by atoms with Crippen LogP contribution in [-0.2, 0) is 34.8 Å². The maximum absolute atomic E-state index is 10.9. The molecule has 0 spiro atoms. The number of carboxylic acids is 1. The van der Waals surface area contributed by atoms with Crippen LogP contribution in [-0.4, -0.2) is 54.3 Å². The second kappa shape index (κ2) is 12.8. The zero-order chi connectivity index (χ0) is 24.5. The van der Waals surface area contributed by atoms with Crippen molar-refractivity contribution in [1.82, 2.24) is 19.9 Å². The summed E-state index contributed by atoms with van der Waals surface area (Å²) in [5.41, 5.74) is 4.02. The number of carboxylic acid groups (broad SMARTS) is 1. The Balaban J connectivity index is 1.32. The molecule has 182 valence electrons. The second-order valence-electron chi connectivity index (χ2n) is 8.62. The Kier molecular flexibility index (Phi) is 9.25. The lowest BCUT2D eigenvalue weighted by Gasteiger charge is -2.30. The summed E-state index contributed by atoms with van der Waals surface area (Å²) in [6.45, 7) is 2.05. The third kappa shape index (κ3) is 8.14. The molecule has 1 saturated heterocycles. The van der Waals surface area contributed by atoms with Gasteiger partial charge in [-0.3, -0.25) is 24.6 Å². The van der Waals surface area contributed by atoms with E-state index in [0.29, 0.717) is 31.8 Å². The average Bonchev–Trinajstić information content (AvgIpc) is 2.85. The molecule has 0 amide bonds. The maximum atomic E-state index is 10.9. The van der Waals surface area contributed by atoms with E-state index in [4.69, 9.17) is 9.76 Å². The molecule has 0 unspecified atom stereocenters. The molecule has 0 radical (unpaired) electrons. The van der Waals surface area contributed by atoms with Gasteiger partial charge in [-0.05, 0) is 48.7 Å². The Morgan fingerprint density at radius 3 is 2.14 bits per heavy atom. The number of aromatic nitrogens is 3. The van der Waals surface area contributed by atoms with E-state index in [1.54, 1.807) is 24.2 Å². The standard InChI is InChI=1S/C25H29BN4O4S/c31-25(32)13-23-9-10-24(26(33)34-23)35-18-19-7-8-22(29-14-19)17-30(15-20-5-1-3-11-27-20)16-21-6-2-4-12-28-21/h1-8,11-12,14,23-24,33H,9-10,13,15-18H2,(H,31,32)/t23-,24-/m0/s1. The van der Waals surface area contributed by atoms with Gasteiger partial charge in [0.15, 0.2) is 0 Å². The van der Waals surface area contributed by atoms with Crippen LogP contribution in [0.5, 0.6) is 0 Å². The predicted octanol–water partition coefficient (Wildman–Crippen LogP) is 3.35. The lowest BCUT2D eigenvalue weighted by molar-refractivity contribution is -0.139. The fourth-order valence-electron chi connectivity index (χ4n) is 4.03. The van der Waals surface area contributed by atoms with Crippen molar-refractivity contribution in [3.8, 4) is 0 Å². The zero-order valence-corrected chi connectivity index (χ0v) is 20.3. The van der Waals surface area contributed by atoms with Gasteiger partial charge in [0.05, 0.1) is 29.6 Å². The first-order chi connectivity index (χ1) is 17.0. The summed E-state index contributed by atoms with van der Waals surface area (Å²) >= 11 is 1.61. The van der Waals surface area contributed by atoms with Crippen LogP contribution in [0.15, 0.2) is 67.1 Å². The summed E-state index contributed by atoms with van der Waals surface area (Å²) in [6.07, 6.45) is 6.37. The number of hydrogen-bond acceptors (Lipinski definition) is 8. The third-order valence-corrected chi connectivity index (χ3v) is 7.18. The summed E-state index contributed by atoms with van der Waals surface area (Å²) in [7, 11) is -0.947. The van der Waals surface area contributed by atoms with Gasteiger partial charge in [-0.1, -0.05) is 18.2 Å². The minimum atomic E-state index is -0.947. The van der Waals surface area contributed by atoms with E-state index in [0.717, 1.165) is 29.1 Å². The molecule has 0 saturated carbocycles. The van der Waals surface area contributed by atoms with Crippen molar-refractivity contribution in [3.05, 3.63) is 89.8 Å². The number of carbonyl (C=O) groups is 1. The van der Waals surface area contributed by atoms with E-state index in [1.807, 2.05) is 48.7 Å². The second-order valence-corrected chi connectivity index (χ2v) is 9.85. The van der Waals surface area contributed by atoms with Gasteiger partial charge in [-0.2, -0.15) is 11.8 Å². The monoisotopic (exact) mass is 492 g/mol. The number of thioether (sulfide) groups is 1. The fourth-order valence-corrected chi connectivity index (χ4v) is 5.14. The number of pyridine rings is 3. The molecule has 0 aliphatic carbocycles. The van der Waals surface area contributed by atoms with Crippen LogP contribution < -0.4 is 0 Å². The Morgan fingerprint density at radius 2 is 1.63 bits per heavy atom. The summed E-state index contributed by atoms with van der Waals surface area (Å²) in [6, 6.07) is 16.0. The molecule has 8 nitrogen and oxygen atoms in total. The molecule has 2 N–H and O–H groups in total. The fraction of sp³-hybridized carbons (Fsp3) is 0.360. The van der Waals surface area contributed by atoms with Crippen LogP contribution in [0.25, 0.3) is 0 Å². The van der Waals surface area contributed by atoms with Crippen LogP contribution in [0, 0.1) is 0 Å². The van der Waals surface area contributed by atoms with Crippen molar-refractivity contribution < 1.29 is 19.6 Å². The van der Waals surface area contributed by atoms with Crippen molar-refractivity contribution in [1.29, 1.82) is 0 Å². The van der Waals surface area contributed by atoms with Crippen LogP contribution in [0.3, 0.4) is 0 Å². The molecular formula is C25H29BN4O4S. The molecule has 3 aromatic heterocycles. The highest BCUT2D eigenvalue weighted by atomic mass is 32.2. The molecule has 35 heavy (non-hydrogen) atoms. The molecule has 4 heterocycles. The van der Waals surface area contributed by atoms with Gasteiger partial charge in [0.25, 0.3) is 0 Å². The van der Waals surface area contributed by atoms with Crippen molar-refractivity contribution in [2.75, 3.05) is 0 Å². The van der Waals surface area contributed by atoms with E-state index < -0.39 is 19.2 Å². The summed E-state index contributed by atoms with van der Waals surface area (Å²) in [5, 5.41) is 19.1. The zero-order valence-electron chi connectivity index (χ0n) is 19.4. The number of nitrogens with zero attached hydrogens (tertiary/aromatic N) is 4. The SMILES string of the molecule is O=C(O)C[C@@H]1CC[C@H](SCc2ccc(CN(Cc3ccccn3)Cc3ccccn3)nc2)B(O)O1. The van der Waals surface area contributed by atoms with Crippen LogP contribution >= 0.6 is 11.8 Å². The Bertz CT molecular complexity index is 1020. The van der Waals surface area contributed by atoms with Gasteiger partial charge in [-0.15, -0.1) is 0 Å². The van der Waals surface area contributed by atoms with Crippen molar-refractivity contribution in [3.63, 3.8) is 0 Å². The number of aliphatic carboxylic acids is 1. The normalized spacial score (nSPS) is 18.1. The van der Waals surface area contributed by atoms with Gasteiger partial charge < -0.3 is 14.8 Å². The first kappa shape index (κ1) is 25.3. The highest BCUT2D eigenvalue weighted by Crippen LogP contribution is 2.29. The third-order valence-electron chi connectivity index (χ3n) is 5.78. The largest absolute Gasteiger partial charge is 0.481 e. The Hall–Kier alpha value is -2.79. The molecule has 1 aliphatic rings. The molecule has 1 fully saturated rings. The van der Waals surface area contributed by atoms with E-state index in [9.17, 15) is 9.82 Å². The molecule has 10 heteroatoms. The van der Waals surface area contributed by atoms with Gasteiger partial charge >= 0.3 is 13.1 Å². The lowest BCUT2D eigenvalue weighted by Crippen LogP contribution is -2.42. The topological polar surface area (TPSA) is 109 Å². The van der Waals surface area contributed by atoms with E-state index in [1.165, 1.54) is 0 Å². The van der Waals surface area contributed by atoms with Crippen LogP contribution in [0.2, 0.25) is 0 Å². The average molecular weight is 492 g/mol. The van der Waals surface area contributed by atoms with Gasteiger partial charge in [0.2, 0.25) is 0 Å². The van der Waals surface area contributed by atoms with Crippen molar-refractivity contribution >= 4 is 24.8 Å². The van der Waals surface area contributed by atoms with Gasteiger partial charge in [0, 0.05) is 49.1 Å². The number of rotatable bonds is 11. The smallest absolute Gasteiger partial charge is 0.468 e. The minimum Gasteiger partial charge on any atom is -0.481 e. The van der Waals surface area contributed by atoms with E-state index in [2.05, 4.69) is 25.9 Å². The van der Waals surface area contributed by atoms with Crippen molar-refractivity contribution in [2.45, 2.75) is 55.9 Å². The minimum absolute atomic E-state index is 0.0719. The van der Waals surface area contributed by atoms with Crippen LogP contribution in [0.1, 0.15) is 41.9 Å². The summed E-state index contributed by atoms with van der Waals surface area (Å²) in [5.74, 6) is -0.203. The van der Waals surface area contributed by atoms with Gasteiger partial charge in [0.1, 0.15) is 0 Å². The Labute approximate surface area is 209 Å². The highest BCUT2D eigenvalue weighted by Gasteiger charge is 2.35. The molecule has 0 aromatic carbocycles. The van der Waals surface area contributed by atoms with Crippen LogP contribution in [0.4, 0.5) is 0 Å². The van der Waals surface area contributed by atoms with E-state index >= 15 is 0 Å². The molecular weight excluding hydrogens is 463 g/mol. The van der Waals surface area contributed by atoms with E-state index in [-0.39, 0.29) is 11.6 Å². The quantitative estimate of drug-likeness (QED) is 0.390. The molecule has 0 bridgehead atoms. The summed E-state index contributed by atoms with van der Waals surface area (Å²) < 4.78 is 5.48.